The van der Waals surface area contributed by atoms with Crippen LogP contribution in [0.15, 0.2) is 30.3 Å². The van der Waals surface area contributed by atoms with Crippen molar-refractivity contribution in [3.8, 4) is 0 Å². The van der Waals surface area contributed by atoms with Gasteiger partial charge in [-0.15, -0.1) is 0 Å². The van der Waals surface area contributed by atoms with E-state index in [1.165, 1.54) is 37.9 Å². The van der Waals surface area contributed by atoms with E-state index in [0.717, 1.165) is 18.9 Å². The fraction of sp³-hybridized carbons (Fsp3) is 0.625. The van der Waals surface area contributed by atoms with E-state index in [2.05, 4.69) is 42.2 Å². The zero-order chi connectivity index (χ0) is 12.8. The first-order valence-electron chi connectivity index (χ1n) is 7.29. The van der Waals surface area contributed by atoms with Crippen LogP contribution in [-0.4, -0.2) is 30.6 Å². The zero-order valence-electron chi connectivity index (χ0n) is 11.5. The molecule has 1 atom stereocenters. The van der Waals surface area contributed by atoms with Gasteiger partial charge in [0.1, 0.15) is 0 Å². The van der Waals surface area contributed by atoms with Crippen LogP contribution in [0.2, 0.25) is 0 Å². The molecule has 0 aromatic heterocycles. The Labute approximate surface area is 111 Å². The van der Waals surface area contributed by atoms with Crippen molar-refractivity contribution in [2.45, 2.75) is 38.6 Å². The lowest BCUT2D eigenvalue weighted by molar-refractivity contribution is 0.246. The molecule has 2 rings (SSSR count). The van der Waals surface area contributed by atoms with Gasteiger partial charge in [0, 0.05) is 19.1 Å². The van der Waals surface area contributed by atoms with Gasteiger partial charge in [-0.1, -0.05) is 37.3 Å². The van der Waals surface area contributed by atoms with Gasteiger partial charge in [-0.2, -0.15) is 0 Å². The first-order chi connectivity index (χ1) is 8.78. The summed E-state index contributed by atoms with van der Waals surface area (Å²) in [7, 11) is 0. The summed E-state index contributed by atoms with van der Waals surface area (Å²) in [6, 6.07) is 10.9. The molecule has 0 heterocycles. The minimum Gasteiger partial charge on any atom is -0.326 e. The van der Waals surface area contributed by atoms with Crippen LogP contribution in [0, 0.1) is 5.92 Å². The molecule has 1 aliphatic rings. The van der Waals surface area contributed by atoms with Crippen molar-refractivity contribution in [2.24, 2.45) is 11.7 Å². The molecule has 0 spiro atoms. The van der Waals surface area contributed by atoms with Crippen molar-refractivity contribution in [2.75, 3.05) is 19.6 Å². The molecule has 1 saturated carbocycles. The molecule has 0 amide bonds. The monoisotopic (exact) mass is 246 g/mol. The normalized spacial score (nSPS) is 17.1. The Morgan fingerprint density at radius 2 is 2.00 bits per heavy atom. The number of nitrogens with zero attached hydrogens (tertiary/aromatic N) is 1. The summed E-state index contributed by atoms with van der Waals surface area (Å²) in [6.07, 6.45) is 5.07. The van der Waals surface area contributed by atoms with Gasteiger partial charge in [0.2, 0.25) is 0 Å². The minimum atomic E-state index is 0.262. The molecule has 1 aromatic rings. The van der Waals surface area contributed by atoms with Gasteiger partial charge < -0.3 is 10.6 Å². The second-order valence-electron chi connectivity index (χ2n) is 5.65. The number of nitrogens with two attached hydrogens (primary N) is 1. The standard InChI is InChI=1S/C16H26N2/c1-2-10-18(12-15-8-9-15)13-16(17)11-14-6-4-3-5-7-14/h3-7,15-16H,2,8-13,17H2,1H3/t16-/m1/s1. The molecule has 0 radical (unpaired) electrons. The van der Waals surface area contributed by atoms with Crippen LogP contribution in [0.1, 0.15) is 31.7 Å². The Kier molecular flexibility index (Phi) is 5.21. The van der Waals surface area contributed by atoms with Crippen molar-refractivity contribution in [1.29, 1.82) is 0 Å². The van der Waals surface area contributed by atoms with Crippen LogP contribution >= 0.6 is 0 Å². The zero-order valence-corrected chi connectivity index (χ0v) is 11.5. The lowest BCUT2D eigenvalue weighted by Crippen LogP contribution is -2.40. The van der Waals surface area contributed by atoms with E-state index in [-0.39, 0.29) is 6.04 Å². The van der Waals surface area contributed by atoms with Gasteiger partial charge in [-0.3, -0.25) is 0 Å². The Balaban J connectivity index is 1.78. The van der Waals surface area contributed by atoms with E-state index < -0.39 is 0 Å². The molecule has 100 valence electrons. The SMILES string of the molecule is CCCN(CC1CC1)C[C@H](N)Cc1ccccc1. The maximum Gasteiger partial charge on any atom is 0.0208 e. The number of hydrogen-bond donors (Lipinski definition) is 1. The molecule has 2 heteroatoms. The van der Waals surface area contributed by atoms with Gasteiger partial charge in [0.15, 0.2) is 0 Å². The van der Waals surface area contributed by atoms with Gasteiger partial charge in [-0.05, 0) is 43.7 Å². The number of benzene rings is 1. The molecule has 1 fully saturated rings. The van der Waals surface area contributed by atoms with E-state index >= 15 is 0 Å². The summed E-state index contributed by atoms with van der Waals surface area (Å²) in [5.41, 5.74) is 7.65. The van der Waals surface area contributed by atoms with Crippen LogP contribution < -0.4 is 5.73 Å². The topological polar surface area (TPSA) is 29.3 Å². The Bertz CT molecular complexity index is 332. The smallest absolute Gasteiger partial charge is 0.0208 e. The van der Waals surface area contributed by atoms with E-state index in [0.29, 0.717) is 0 Å². The molecule has 2 N–H and O–H groups in total. The third-order valence-corrected chi connectivity index (χ3v) is 3.59. The molecule has 1 aromatic carbocycles. The highest BCUT2D eigenvalue weighted by atomic mass is 15.1. The van der Waals surface area contributed by atoms with E-state index in [9.17, 15) is 0 Å². The van der Waals surface area contributed by atoms with Crippen molar-refractivity contribution in [3.05, 3.63) is 35.9 Å². The first kappa shape index (κ1) is 13.6. The van der Waals surface area contributed by atoms with Crippen molar-refractivity contribution >= 4 is 0 Å². The summed E-state index contributed by atoms with van der Waals surface area (Å²) in [6.45, 7) is 5.75. The predicted molar refractivity (Wildman–Crippen MR) is 77.6 cm³/mol. The second kappa shape index (κ2) is 6.91. The second-order valence-corrected chi connectivity index (χ2v) is 5.65. The summed E-state index contributed by atoms with van der Waals surface area (Å²) in [4.78, 5) is 2.56. The van der Waals surface area contributed by atoms with E-state index in [1.807, 2.05) is 0 Å². The predicted octanol–water partition coefficient (Wildman–Crippen LogP) is 2.68. The van der Waals surface area contributed by atoms with E-state index in [4.69, 9.17) is 5.73 Å². The summed E-state index contributed by atoms with van der Waals surface area (Å²) >= 11 is 0. The van der Waals surface area contributed by atoms with Crippen LogP contribution in [0.4, 0.5) is 0 Å². The molecule has 0 unspecified atom stereocenters. The highest BCUT2D eigenvalue weighted by Gasteiger charge is 2.24. The maximum absolute atomic E-state index is 6.29. The molecule has 0 aliphatic heterocycles. The average Bonchev–Trinajstić information content (AvgIpc) is 3.14. The Hall–Kier alpha value is -0.860. The fourth-order valence-corrected chi connectivity index (χ4v) is 2.55. The summed E-state index contributed by atoms with van der Waals surface area (Å²) in [5, 5.41) is 0. The maximum atomic E-state index is 6.29. The van der Waals surface area contributed by atoms with Gasteiger partial charge in [0.05, 0.1) is 0 Å². The van der Waals surface area contributed by atoms with Crippen LogP contribution in [0.25, 0.3) is 0 Å². The Morgan fingerprint density at radius 1 is 1.28 bits per heavy atom. The Morgan fingerprint density at radius 3 is 2.61 bits per heavy atom. The quantitative estimate of drug-likeness (QED) is 0.764. The summed E-state index contributed by atoms with van der Waals surface area (Å²) in [5.74, 6) is 0.959. The average molecular weight is 246 g/mol. The van der Waals surface area contributed by atoms with E-state index in [1.54, 1.807) is 0 Å². The molecule has 1 aliphatic carbocycles. The van der Waals surface area contributed by atoms with Crippen molar-refractivity contribution in [1.82, 2.24) is 4.90 Å². The van der Waals surface area contributed by atoms with Crippen molar-refractivity contribution in [3.63, 3.8) is 0 Å². The van der Waals surface area contributed by atoms with Gasteiger partial charge in [-0.25, -0.2) is 0 Å². The number of hydrogen-bond acceptors (Lipinski definition) is 2. The highest BCUT2D eigenvalue weighted by Crippen LogP contribution is 2.29. The molecule has 0 bridgehead atoms. The molecule has 2 nitrogen and oxygen atoms in total. The van der Waals surface area contributed by atoms with Gasteiger partial charge in [0.25, 0.3) is 0 Å². The largest absolute Gasteiger partial charge is 0.326 e. The molecular formula is C16H26N2. The third kappa shape index (κ3) is 4.79. The molecular weight excluding hydrogens is 220 g/mol. The first-order valence-corrected chi connectivity index (χ1v) is 7.29. The van der Waals surface area contributed by atoms with Crippen LogP contribution in [-0.2, 0) is 6.42 Å². The molecule has 0 saturated heterocycles. The lowest BCUT2D eigenvalue weighted by atomic mass is 10.1. The fourth-order valence-electron chi connectivity index (χ4n) is 2.55. The third-order valence-electron chi connectivity index (χ3n) is 3.59. The highest BCUT2D eigenvalue weighted by molar-refractivity contribution is 5.15. The van der Waals surface area contributed by atoms with Crippen LogP contribution in [0.5, 0.6) is 0 Å². The van der Waals surface area contributed by atoms with Gasteiger partial charge >= 0.3 is 0 Å². The molecule has 18 heavy (non-hydrogen) atoms. The van der Waals surface area contributed by atoms with Crippen molar-refractivity contribution < 1.29 is 0 Å². The minimum absolute atomic E-state index is 0.262. The van der Waals surface area contributed by atoms with Crippen LogP contribution in [0.3, 0.4) is 0 Å². The summed E-state index contributed by atoms with van der Waals surface area (Å²) < 4.78 is 0. The lowest BCUT2D eigenvalue weighted by Gasteiger charge is -2.25. The number of rotatable bonds is 8.